The average Bonchev–Trinajstić information content (AvgIpc) is 2.99. The minimum Gasteiger partial charge on any atom is -0.497 e. The van der Waals surface area contributed by atoms with Crippen LogP contribution in [0.4, 0.5) is 0 Å². The van der Waals surface area contributed by atoms with E-state index in [2.05, 4.69) is 15.9 Å². The van der Waals surface area contributed by atoms with Crippen LogP contribution >= 0.6 is 15.9 Å². The lowest BCUT2D eigenvalue weighted by molar-refractivity contribution is 0.0760. The van der Waals surface area contributed by atoms with E-state index >= 15 is 0 Å². The van der Waals surface area contributed by atoms with Gasteiger partial charge in [0.2, 0.25) is 10.0 Å². The minimum atomic E-state index is -3.60. The molecule has 0 spiro atoms. The van der Waals surface area contributed by atoms with Gasteiger partial charge in [0.05, 0.1) is 29.2 Å². The maximum Gasteiger partial charge on any atom is 0.257 e. The van der Waals surface area contributed by atoms with Crippen molar-refractivity contribution in [3.63, 3.8) is 0 Å². The number of carbonyl (C=O) groups excluding carboxylic acids is 1. The van der Waals surface area contributed by atoms with Gasteiger partial charge < -0.3 is 14.4 Å². The number of hydrogen-bond acceptors (Lipinski definition) is 5. The van der Waals surface area contributed by atoms with Gasteiger partial charge in [-0.25, -0.2) is 8.42 Å². The SMILES string of the molecule is COc1cc(Br)c(OC)c(C(=O)N2CCCN(S(=O)(=O)c3ccc(C)cc3)CC2)c1. The molecule has 30 heavy (non-hydrogen) atoms. The molecule has 162 valence electrons. The maximum absolute atomic E-state index is 13.2. The zero-order valence-corrected chi connectivity index (χ0v) is 19.6. The molecular formula is C21H25BrN2O5S. The predicted octanol–water partition coefficient (Wildman–Crippen LogP) is 3.31. The van der Waals surface area contributed by atoms with Crippen molar-refractivity contribution < 1.29 is 22.7 Å². The van der Waals surface area contributed by atoms with Crippen LogP contribution in [-0.2, 0) is 10.0 Å². The van der Waals surface area contributed by atoms with E-state index in [1.165, 1.54) is 18.5 Å². The smallest absolute Gasteiger partial charge is 0.257 e. The van der Waals surface area contributed by atoms with Crippen LogP contribution in [0.2, 0.25) is 0 Å². The second-order valence-corrected chi connectivity index (χ2v) is 9.85. The molecule has 3 rings (SSSR count). The van der Waals surface area contributed by atoms with Crippen LogP contribution in [0.1, 0.15) is 22.3 Å². The number of halogens is 1. The topological polar surface area (TPSA) is 76.2 Å². The summed E-state index contributed by atoms with van der Waals surface area (Å²) in [4.78, 5) is 15.1. The van der Waals surface area contributed by atoms with E-state index in [0.29, 0.717) is 47.6 Å². The number of benzene rings is 2. The fourth-order valence-corrected chi connectivity index (χ4v) is 5.49. The maximum atomic E-state index is 13.2. The molecule has 0 N–H and O–H groups in total. The highest BCUT2D eigenvalue weighted by molar-refractivity contribution is 9.10. The second kappa shape index (κ2) is 9.36. The molecule has 0 saturated carbocycles. The van der Waals surface area contributed by atoms with Crippen LogP contribution in [0.5, 0.6) is 11.5 Å². The molecule has 0 aliphatic carbocycles. The highest BCUT2D eigenvalue weighted by Gasteiger charge is 2.30. The Hall–Kier alpha value is -2.10. The summed E-state index contributed by atoms with van der Waals surface area (Å²) >= 11 is 3.41. The quantitative estimate of drug-likeness (QED) is 0.634. The third kappa shape index (κ3) is 4.63. The van der Waals surface area contributed by atoms with Gasteiger partial charge in [0.1, 0.15) is 11.5 Å². The highest BCUT2D eigenvalue weighted by Crippen LogP contribution is 2.34. The number of hydrogen-bond donors (Lipinski definition) is 0. The molecule has 2 aromatic carbocycles. The van der Waals surface area contributed by atoms with E-state index in [4.69, 9.17) is 9.47 Å². The molecule has 1 aliphatic heterocycles. The van der Waals surface area contributed by atoms with Crippen LogP contribution in [0.3, 0.4) is 0 Å². The molecule has 0 bridgehead atoms. The number of rotatable bonds is 5. The lowest BCUT2D eigenvalue weighted by Gasteiger charge is -2.23. The Kier molecular flexibility index (Phi) is 7.05. The zero-order chi connectivity index (χ0) is 21.9. The fourth-order valence-electron chi connectivity index (χ4n) is 3.42. The van der Waals surface area contributed by atoms with Gasteiger partial charge in [-0.05, 0) is 53.5 Å². The molecule has 0 radical (unpaired) electrons. The standard InChI is InChI=1S/C21H25BrN2O5S/c1-15-5-7-17(8-6-15)30(26,27)24-10-4-9-23(11-12-24)21(25)18-13-16(28-2)14-19(22)20(18)29-3/h5-8,13-14H,4,9-12H2,1-3H3. The first-order chi connectivity index (χ1) is 14.3. The van der Waals surface area contributed by atoms with Gasteiger partial charge in [-0.2, -0.15) is 4.31 Å². The van der Waals surface area contributed by atoms with E-state index < -0.39 is 10.0 Å². The number of aryl methyl sites for hydroxylation is 1. The minimum absolute atomic E-state index is 0.221. The van der Waals surface area contributed by atoms with Crippen LogP contribution < -0.4 is 9.47 Å². The van der Waals surface area contributed by atoms with Gasteiger partial charge in [-0.3, -0.25) is 4.79 Å². The third-order valence-electron chi connectivity index (χ3n) is 5.09. The second-order valence-electron chi connectivity index (χ2n) is 7.05. The third-order valence-corrected chi connectivity index (χ3v) is 7.59. The number of carbonyl (C=O) groups is 1. The van der Waals surface area contributed by atoms with Crippen LogP contribution in [-0.4, -0.2) is 63.9 Å². The molecule has 1 amide bonds. The van der Waals surface area contributed by atoms with Gasteiger partial charge >= 0.3 is 0 Å². The Morgan fingerprint density at radius 2 is 1.70 bits per heavy atom. The van der Waals surface area contributed by atoms with Crippen LogP contribution in [0, 0.1) is 6.92 Å². The lowest BCUT2D eigenvalue weighted by atomic mass is 10.1. The highest BCUT2D eigenvalue weighted by atomic mass is 79.9. The number of methoxy groups -OCH3 is 2. The average molecular weight is 497 g/mol. The van der Waals surface area contributed by atoms with Gasteiger partial charge in [0.15, 0.2) is 0 Å². The fraction of sp³-hybridized carbons (Fsp3) is 0.381. The molecule has 0 aromatic heterocycles. The molecule has 1 fully saturated rings. The molecule has 1 heterocycles. The summed E-state index contributed by atoms with van der Waals surface area (Å²) in [7, 11) is -0.571. The van der Waals surface area contributed by atoms with Crippen molar-refractivity contribution in [1.82, 2.24) is 9.21 Å². The number of amides is 1. The molecule has 9 heteroatoms. The summed E-state index contributed by atoms with van der Waals surface area (Å²) < 4.78 is 38.8. The summed E-state index contributed by atoms with van der Waals surface area (Å²) in [6, 6.07) is 10.2. The van der Waals surface area contributed by atoms with Crippen molar-refractivity contribution in [3.05, 3.63) is 52.0 Å². The summed E-state index contributed by atoms with van der Waals surface area (Å²) in [6.07, 6.45) is 0.546. The Balaban J connectivity index is 1.81. The molecule has 1 aliphatic rings. The molecular weight excluding hydrogens is 472 g/mol. The first-order valence-corrected chi connectivity index (χ1v) is 11.8. The first-order valence-electron chi connectivity index (χ1n) is 9.55. The number of ether oxygens (including phenoxy) is 2. The summed E-state index contributed by atoms with van der Waals surface area (Å²) in [5.41, 5.74) is 1.37. The van der Waals surface area contributed by atoms with E-state index in [-0.39, 0.29) is 17.3 Å². The first kappa shape index (κ1) is 22.6. The molecule has 2 aromatic rings. The monoisotopic (exact) mass is 496 g/mol. The van der Waals surface area contributed by atoms with Crippen molar-refractivity contribution >= 4 is 31.9 Å². The largest absolute Gasteiger partial charge is 0.497 e. The molecule has 7 nitrogen and oxygen atoms in total. The number of sulfonamides is 1. The Morgan fingerprint density at radius 3 is 2.33 bits per heavy atom. The van der Waals surface area contributed by atoms with Crippen molar-refractivity contribution in [1.29, 1.82) is 0 Å². The van der Waals surface area contributed by atoms with Gasteiger partial charge in [-0.1, -0.05) is 17.7 Å². The van der Waals surface area contributed by atoms with E-state index in [9.17, 15) is 13.2 Å². The normalized spacial score (nSPS) is 15.5. The lowest BCUT2D eigenvalue weighted by Crippen LogP contribution is -2.37. The van der Waals surface area contributed by atoms with Gasteiger partial charge in [-0.15, -0.1) is 0 Å². The summed E-state index contributed by atoms with van der Waals surface area (Å²) in [6.45, 7) is 3.25. The predicted molar refractivity (Wildman–Crippen MR) is 118 cm³/mol. The van der Waals surface area contributed by atoms with E-state index in [0.717, 1.165) is 5.56 Å². The van der Waals surface area contributed by atoms with Gasteiger partial charge in [0, 0.05) is 26.2 Å². The van der Waals surface area contributed by atoms with E-state index in [1.54, 1.807) is 41.3 Å². The molecule has 1 saturated heterocycles. The van der Waals surface area contributed by atoms with Crippen LogP contribution in [0.15, 0.2) is 45.8 Å². The Labute approximate surface area is 185 Å². The van der Waals surface area contributed by atoms with Crippen LogP contribution in [0.25, 0.3) is 0 Å². The summed E-state index contributed by atoms with van der Waals surface area (Å²) in [5.74, 6) is 0.736. The number of nitrogens with zero attached hydrogens (tertiary/aromatic N) is 2. The van der Waals surface area contributed by atoms with Gasteiger partial charge in [0.25, 0.3) is 5.91 Å². The van der Waals surface area contributed by atoms with E-state index in [1.807, 2.05) is 6.92 Å². The Morgan fingerprint density at radius 1 is 1.00 bits per heavy atom. The summed E-state index contributed by atoms with van der Waals surface area (Å²) in [5, 5.41) is 0. The molecule has 0 atom stereocenters. The Bertz CT molecular complexity index is 1020. The zero-order valence-electron chi connectivity index (χ0n) is 17.2. The van der Waals surface area contributed by atoms with Crippen molar-refractivity contribution in [2.24, 2.45) is 0 Å². The van der Waals surface area contributed by atoms with Crippen molar-refractivity contribution in [2.75, 3.05) is 40.4 Å². The molecule has 0 unspecified atom stereocenters. The van der Waals surface area contributed by atoms with Crippen molar-refractivity contribution in [2.45, 2.75) is 18.2 Å². The van der Waals surface area contributed by atoms with Crippen molar-refractivity contribution in [3.8, 4) is 11.5 Å².